The van der Waals surface area contributed by atoms with Crippen molar-refractivity contribution in [2.45, 2.75) is 59.0 Å². The normalized spacial score (nSPS) is 17.0. The Morgan fingerprint density at radius 2 is 1.69 bits per heavy atom. The van der Waals surface area contributed by atoms with Crippen LogP contribution >= 0.6 is 0 Å². The zero-order valence-electron chi connectivity index (χ0n) is 16.2. The maximum atomic E-state index is 13.2. The number of benzene rings is 1. The minimum absolute atomic E-state index is 0.154. The number of alkyl carbamates (subject to hydrolysis) is 1. The Kier molecular flexibility index (Phi) is 6.42. The summed E-state index contributed by atoms with van der Waals surface area (Å²) in [6.07, 6.45) is -0.862. The lowest BCUT2D eigenvalue weighted by atomic mass is 9.81. The summed E-state index contributed by atoms with van der Waals surface area (Å²) in [5, 5.41) is 2.73. The molecule has 1 aliphatic rings. The van der Waals surface area contributed by atoms with Crippen LogP contribution in [0.3, 0.4) is 0 Å². The van der Waals surface area contributed by atoms with E-state index in [1.807, 2.05) is 30.3 Å². The van der Waals surface area contributed by atoms with Gasteiger partial charge in [0.1, 0.15) is 5.60 Å². The van der Waals surface area contributed by atoms with Gasteiger partial charge < -0.3 is 19.5 Å². The van der Waals surface area contributed by atoms with Gasteiger partial charge in [-0.05, 0) is 46.6 Å². The summed E-state index contributed by atoms with van der Waals surface area (Å²) in [6.45, 7) is 9.83. The highest BCUT2D eigenvalue weighted by Gasteiger charge is 2.44. The SMILES string of the molecule is CC(C)(C)OC(=O)N[C@@H](Cc1ccccc1)C(=O)C(C)(C)C1OCCO1. The van der Waals surface area contributed by atoms with Gasteiger partial charge in [0, 0.05) is 0 Å². The van der Waals surface area contributed by atoms with Crippen molar-refractivity contribution in [1.29, 1.82) is 0 Å². The van der Waals surface area contributed by atoms with Gasteiger partial charge in [0.25, 0.3) is 0 Å². The van der Waals surface area contributed by atoms with Gasteiger partial charge in [-0.2, -0.15) is 0 Å². The Balaban J connectivity index is 2.18. The molecule has 6 nitrogen and oxygen atoms in total. The molecular weight excluding hydrogens is 334 g/mol. The number of carbonyl (C=O) groups excluding carboxylic acids is 2. The molecule has 0 saturated carbocycles. The third-order valence-electron chi connectivity index (χ3n) is 4.14. The quantitative estimate of drug-likeness (QED) is 0.841. The average Bonchev–Trinajstić information content (AvgIpc) is 3.08. The van der Waals surface area contributed by atoms with Crippen molar-refractivity contribution in [1.82, 2.24) is 5.32 Å². The number of hydrogen-bond acceptors (Lipinski definition) is 5. The summed E-state index contributed by atoms with van der Waals surface area (Å²) in [4.78, 5) is 25.5. The Bertz CT molecular complexity index is 615. The van der Waals surface area contributed by atoms with Gasteiger partial charge in [-0.3, -0.25) is 4.79 Å². The first-order valence-corrected chi connectivity index (χ1v) is 8.90. The topological polar surface area (TPSA) is 73.9 Å². The number of Topliss-reactive ketones (excluding diaryl/α,β-unsaturated/α-hetero) is 1. The fraction of sp³-hybridized carbons (Fsp3) is 0.600. The van der Waals surface area contributed by atoms with E-state index in [4.69, 9.17) is 14.2 Å². The van der Waals surface area contributed by atoms with Gasteiger partial charge in [0.2, 0.25) is 0 Å². The van der Waals surface area contributed by atoms with Gasteiger partial charge in [-0.15, -0.1) is 0 Å². The van der Waals surface area contributed by atoms with Gasteiger partial charge in [-0.25, -0.2) is 4.79 Å². The van der Waals surface area contributed by atoms with E-state index in [1.54, 1.807) is 34.6 Å². The van der Waals surface area contributed by atoms with Crippen molar-refractivity contribution in [3.05, 3.63) is 35.9 Å². The number of amides is 1. The van der Waals surface area contributed by atoms with Crippen molar-refractivity contribution in [2.24, 2.45) is 5.41 Å². The highest BCUT2D eigenvalue weighted by Crippen LogP contribution is 2.30. The van der Waals surface area contributed by atoms with E-state index in [2.05, 4.69) is 5.32 Å². The van der Waals surface area contributed by atoms with Crippen molar-refractivity contribution < 1.29 is 23.8 Å². The number of nitrogens with one attached hydrogen (secondary N) is 1. The Morgan fingerprint density at radius 1 is 1.12 bits per heavy atom. The van der Waals surface area contributed by atoms with Gasteiger partial charge in [-0.1, -0.05) is 30.3 Å². The molecule has 1 saturated heterocycles. The summed E-state index contributed by atoms with van der Waals surface area (Å²) < 4.78 is 16.4. The summed E-state index contributed by atoms with van der Waals surface area (Å²) in [7, 11) is 0. The number of ether oxygens (including phenoxy) is 3. The Morgan fingerprint density at radius 3 is 2.23 bits per heavy atom. The molecule has 1 aliphatic heterocycles. The van der Waals surface area contributed by atoms with E-state index >= 15 is 0 Å². The molecule has 1 N–H and O–H groups in total. The third kappa shape index (κ3) is 5.54. The van der Waals surface area contributed by atoms with Crippen LogP contribution in [0.15, 0.2) is 30.3 Å². The summed E-state index contributed by atoms with van der Waals surface area (Å²) in [5.41, 5.74) is -0.589. The molecule has 6 heteroatoms. The van der Waals surface area contributed by atoms with Crippen molar-refractivity contribution >= 4 is 11.9 Å². The minimum Gasteiger partial charge on any atom is -0.444 e. The molecule has 1 aromatic carbocycles. The van der Waals surface area contributed by atoms with E-state index in [-0.39, 0.29) is 5.78 Å². The number of ketones is 1. The maximum Gasteiger partial charge on any atom is 0.408 e. The standard InChI is InChI=1S/C20H29NO5/c1-19(2,3)26-18(23)21-15(13-14-9-7-6-8-10-14)16(22)20(4,5)17-24-11-12-25-17/h6-10,15,17H,11-13H2,1-5H3,(H,21,23)/t15-/m0/s1. The van der Waals surface area contributed by atoms with E-state index < -0.39 is 29.4 Å². The second-order valence-corrected chi connectivity index (χ2v) is 8.05. The molecule has 0 bridgehead atoms. The smallest absolute Gasteiger partial charge is 0.408 e. The fourth-order valence-electron chi connectivity index (χ4n) is 2.85. The van der Waals surface area contributed by atoms with E-state index in [0.29, 0.717) is 19.6 Å². The molecule has 0 spiro atoms. The molecule has 1 fully saturated rings. The summed E-state index contributed by atoms with van der Waals surface area (Å²) in [6, 6.07) is 8.82. The molecular formula is C20H29NO5. The molecule has 144 valence electrons. The summed E-state index contributed by atoms with van der Waals surface area (Å²) in [5.74, 6) is -0.154. The summed E-state index contributed by atoms with van der Waals surface area (Å²) >= 11 is 0. The lowest BCUT2D eigenvalue weighted by molar-refractivity contribution is -0.157. The Hall–Kier alpha value is -1.92. The van der Waals surface area contributed by atoms with Crippen LogP contribution in [0.2, 0.25) is 0 Å². The molecule has 0 unspecified atom stereocenters. The molecule has 26 heavy (non-hydrogen) atoms. The second kappa shape index (κ2) is 8.18. The monoisotopic (exact) mass is 363 g/mol. The van der Waals surface area contributed by atoms with Crippen LogP contribution in [-0.4, -0.2) is 43.0 Å². The molecule has 1 amide bonds. The lowest BCUT2D eigenvalue weighted by Crippen LogP contribution is -2.52. The first kappa shape index (κ1) is 20.4. The number of rotatable bonds is 6. The second-order valence-electron chi connectivity index (χ2n) is 8.05. The van der Waals surface area contributed by atoms with Crippen LogP contribution in [0.1, 0.15) is 40.2 Å². The first-order valence-electron chi connectivity index (χ1n) is 8.90. The van der Waals surface area contributed by atoms with Crippen LogP contribution < -0.4 is 5.32 Å². The molecule has 0 radical (unpaired) electrons. The van der Waals surface area contributed by atoms with E-state index in [9.17, 15) is 9.59 Å². The molecule has 0 aromatic heterocycles. The molecule has 1 aromatic rings. The highest BCUT2D eigenvalue weighted by atomic mass is 16.7. The highest BCUT2D eigenvalue weighted by molar-refractivity contribution is 5.92. The molecule has 1 atom stereocenters. The molecule has 2 rings (SSSR count). The average molecular weight is 363 g/mol. The zero-order chi connectivity index (χ0) is 19.4. The van der Waals surface area contributed by atoms with Crippen molar-refractivity contribution in [3.63, 3.8) is 0 Å². The van der Waals surface area contributed by atoms with Gasteiger partial charge in [0.05, 0.1) is 24.7 Å². The lowest BCUT2D eigenvalue weighted by Gasteiger charge is -2.32. The molecule has 0 aliphatic carbocycles. The number of carbonyl (C=O) groups is 2. The minimum atomic E-state index is -0.898. The maximum absolute atomic E-state index is 13.2. The first-order chi connectivity index (χ1) is 12.1. The van der Waals surface area contributed by atoms with Crippen LogP contribution in [0, 0.1) is 5.41 Å². The van der Waals surface area contributed by atoms with Crippen LogP contribution in [0.4, 0.5) is 4.79 Å². The predicted octanol–water partition coefficient (Wildman–Crippen LogP) is 3.09. The van der Waals surface area contributed by atoms with E-state index in [0.717, 1.165) is 5.56 Å². The van der Waals surface area contributed by atoms with Crippen molar-refractivity contribution in [2.75, 3.05) is 13.2 Å². The van der Waals surface area contributed by atoms with Crippen molar-refractivity contribution in [3.8, 4) is 0 Å². The fourth-order valence-corrected chi connectivity index (χ4v) is 2.85. The van der Waals surface area contributed by atoms with Crippen LogP contribution in [-0.2, 0) is 25.4 Å². The van der Waals surface area contributed by atoms with Gasteiger partial charge in [0.15, 0.2) is 12.1 Å². The third-order valence-corrected chi connectivity index (χ3v) is 4.14. The largest absolute Gasteiger partial charge is 0.444 e. The van der Waals surface area contributed by atoms with Crippen LogP contribution in [0.5, 0.6) is 0 Å². The molecule has 1 heterocycles. The Labute approximate surface area is 155 Å². The predicted molar refractivity (Wildman–Crippen MR) is 97.8 cm³/mol. The van der Waals surface area contributed by atoms with E-state index in [1.165, 1.54) is 0 Å². The van der Waals surface area contributed by atoms with Crippen LogP contribution in [0.25, 0.3) is 0 Å². The van der Waals surface area contributed by atoms with Gasteiger partial charge >= 0.3 is 6.09 Å². The number of hydrogen-bond donors (Lipinski definition) is 1. The zero-order valence-corrected chi connectivity index (χ0v) is 16.2.